The summed E-state index contributed by atoms with van der Waals surface area (Å²) in [5, 5.41) is 9.95. The van der Waals surface area contributed by atoms with E-state index in [1.165, 1.54) is 7.11 Å². The predicted molar refractivity (Wildman–Crippen MR) is 116 cm³/mol. The van der Waals surface area contributed by atoms with Gasteiger partial charge in [0.25, 0.3) is 11.1 Å². The number of halogens is 2. The lowest BCUT2D eigenvalue weighted by atomic mass is 10.1. The lowest BCUT2D eigenvalue weighted by Gasteiger charge is -2.14. The maximum Gasteiger partial charge on any atom is 0.293 e. The highest BCUT2D eigenvalue weighted by Gasteiger charge is 2.35. The molecule has 2 heterocycles. The number of phenols is 1. The largest absolute Gasteiger partial charge is 0.504 e. The number of hydrogen-bond donors (Lipinski definition) is 1. The van der Waals surface area contributed by atoms with Gasteiger partial charge in [-0.05, 0) is 69.8 Å². The summed E-state index contributed by atoms with van der Waals surface area (Å²) >= 11 is 9.08. The molecule has 0 unspecified atom stereocenters. The summed E-state index contributed by atoms with van der Waals surface area (Å²) in [6.07, 6.45) is 1.59. The quantitative estimate of drug-likeness (QED) is 0.443. The summed E-state index contributed by atoms with van der Waals surface area (Å²) < 4.78 is 16.3. The Bertz CT molecular complexity index is 1070. The first-order valence-electron chi connectivity index (χ1n) is 8.27. The van der Waals surface area contributed by atoms with E-state index in [1.807, 2.05) is 22.6 Å². The maximum atomic E-state index is 12.8. The number of rotatable bonds is 4. The number of thioether (sulfide) groups is 1. The third-order valence-electron chi connectivity index (χ3n) is 4.31. The Labute approximate surface area is 188 Å². The fourth-order valence-corrected chi connectivity index (χ4v) is 4.55. The van der Waals surface area contributed by atoms with E-state index in [0.717, 1.165) is 16.7 Å². The summed E-state index contributed by atoms with van der Waals surface area (Å²) in [4.78, 5) is 26.7. The van der Waals surface area contributed by atoms with Crippen LogP contribution < -0.4 is 14.2 Å². The maximum absolute atomic E-state index is 12.8. The SMILES string of the molecule is COc1cc(/C=C2\SC(=O)N(Cc3cc4c(cc3Cl)OCO4)C2=O)cc(I)c1O. The number of hydrogen-bond acceptors (Lipinski definition) is 7. The molecule has 0 aromatic heterocycles. The number of benzene rings is 2. The minimum absolute atomic E-state index is 0.0217. The lowest BCUT2D eigenvalue weighted by molar-refractivity contribution is -0.123. The molecule has 2 amide bonds. The van der Waals surface area contributed by atoms with Gasteiger partial charge in [0.15, 0.2) is 23.0 Å². The van der Waals surface area contributed by atoms with Gasteiger partial charge in [0, 0.05) is 11.1 Å². The number of imide groups is 1. The summed E-state index contributed by atoms with van der Waals surface area (Å²) in [6, 6.07) is 6.57. The smallest absolute Gasteiger partial charge is 0.293 e. The van der Waals surface area contributed by atoms with Crippen LogP contribution in [-0.4, -0.2) is 35.1 Å². The van der Waals surface area contributed by atoms with Crippen molar-refractivity contribution in [2.24, 2.45) is 0 Å². The van der Waals surface area contributed by atoms with E-state index in [4.69, 9.17) is 25.8 Å². The summed E-state index contributed by atoms with van der Waals surface area (Å²) in [7, 11) is 1.44. The zero-order valence-corrected chi connectivity index (χ0v) is 18.6. The van der Waals surface area contributed by atoms with E-state index in [2.05, 4.69) is 0 Å². The molecule has 0 spiro atoms. The average Bonchev–Trinajstić information content (AvgIpc) is 3.23. The minimum atomic E-state index is -0.421. The highest BCUT2D eigenvalue weighted by molar-refractivity contribution is 14.1. The highest BCUT2D eigenvalue weighted by atomic mass is 127. The molecule has 2 aliphatic rings. The predicted octanol–water partition coefficient (Wildman–Crippen LogP) is 4.62. The molecule has 0 atom stereocenters. The Morgan fingerprint density at radius 3 is 2.72 bits per heavy atom. The van der Waals surface area contributed by atoms with Crippen LogP contribution in [0.1, 0.15) is 11.1 Å². The van der Waals surface area contributed by atoms with Crippen LogP contribution >= 0.6 is 46.0 Å². The van der Waals surface area contributed by atoms with Gasteiger partial charge in [-0.2, -0.15) is 0 Å². The number of nitrogens with zero attached hydrogens (tertiary/aromatic N) is 1. The summed E-state index contributed by atoms with van der Waals surface area (Å²) in [6.45, 7) is 0.127. The molecule has 1 N–H and O–H groups in total. The number of carbonyl (C=O) groups excluding carboxylic acids is 2. The second kappa shape index (κ2) is 7.96. The molecule has 2 aliphatic heterocycles. The van der Waals surface area contributed by atoms with Gasteiger partial charge in [-0.25, -0.2) is 0 Å². The molecule has 2 aromatic carbocycles. The van der Waals surface area contributed by atoms with Crippen molar-refractivity contribution in [2.75, 3.05) is 13.9 Å². The first-order valence-corrected chi connectivity index (χ1v) is 10.5. The number of carbonyl (C=O) groups is 2. The van der Waals surface area contributed by atoms with E-state index in [9.17, 15) is 14.7 Å². The van der Waals surface area contributed by atoms with Crippen molar-refractivity contribution in [3.05, 3.63) is 48.9 Å². The molecule has 10 heteroatoms. The number of aromatic hydroxyl groups is 1. The van der Waals surface area contributed by atoms with Crippen LogP contribution in [0.3, 0.4) is 0 Å². The van der Waals surface area contributed by atoms with Gasteiger partial charge in [0.1, 0.15) is 0 Å². The van der Waals surface area contributed by atoms with Gasteiger partial charge in [-0.1, -0.05) is 11.6 Å². The Morgan fingerprint density at radius 2 is 2.00 bits per heavy atom. The number of amides is 2. The molecule has 4 rings (SSSR count). The molecule has 0 bridgehead atoms. The Morgan fingerprint density at radius 1 is 1.28 bits per heavy atom. The van der Waals surface area contributed by atoms with Gasteiger partial charge in [-0.3, -0.25) is 14.5 Å². The molecule has 29 heavy (non-hydrogen) atoms. The highest BCUT2D eigenvalue weighted by Crippen LogP contribution is 2.40. The molecule has 2 aromatic rings. The Hall–Kier alpha value is -2.11. The minimum Gasteiger partial charge on any atom is -0.504 e. The summed E-state index contributed by atoms with van der Waals surface area (Å²) in [5.74, 6) is 0.947. The van der Waals surface area contributed by atoms with E-state index in [0.29, 0.717) is 31.2 Å². The van der Waals surface area contributed by atoms with Crippen molar-refractivity contribution in [2.45, 2.75) is 6.54 Å². The van der Waals surface area contributed by atoms with Crippen LogP contribution in [0, 0.1) is 3.57 Å². The van der Waals surface area contributed by atoms with Crippen molar-refractivity contribution >= 4 is 63.2 Å². The third kappa shape index (κ3) is 3.86. The fourth-order valence-electron chi connectivity index (χ4n) is 2.87. The van der Waals surface area contributed by atoms with Gasteiger partial charge in [-0.15, -0.1) is 0 Å². The van der Waals surface area contributed by atoms with Crippen molar-refractivity contribution in [3.63, 3.8) is 0 Å². The molecule has 1 saturated heterocycles. The lowest BCUT2D eigenvalue weighted by Crippen LogP contribution is -2.27. The van der Waals surface area contributed by atoms with Gasteiger partial charge in [0.05, 0.1) is 22.1 Å². The topological polar surface area (TPSA) is 85.3 Å². The number of ether oxygens (including phenoxy) is 3. The molecular formula is C19H13ClINO6S. The second-order valence-corrected chi connectivity index (χ2v) is 8.68. The van der Waals surface area contributed by atoms with Crippen LogP contribution in [0.15, 0.2) is 29.2 Å². The Balaban J connectivity index is 1.60. The number of phenolic OH excluding ortho intramolecular Hbond substituents is 1. The molecule has 0 aliphatic carbocycles. The standard InChI is InChI=1S/C19H13ClINO6S/c1-26-15-3-9(2-12(21)17(15)23)4-16-18(24)22(19(25)29-16)7-10-5-13-14(6-11(10)20)28-8-27-13/h2-6,23H,7-8H2,1H3/b16-4-. The molecular weight excluding hydrogens is 533 g/mol. The molecule has 0 saturated carbocycles. The van der Waals surface area contributed by atoms with Crippen molar-refractivity contribution in [1.29, 1.82) is 0 Å². The molecule has 1 fully saturated rings. The van der Waals surface area contributed by atoms with Crippen LogP contribution in [0.4, 0.5) is 4.79 Å². The monoisotopic (exact) mass is 545 g/mol. The fraction of sp³-hybridized carbons (Fsp3) is 0.158. The van der Waals surface area contributed by atoms with Crippen molar-refractivity contribution in [3.8, 4) is 23.0 Å². The van der Waals surface area contributed by atoms with E-state index in [1.54, 1.807) is 30.3 Å². The zero-order chi connectivity index (χ0) is 20.7. The second-order valence-electron chi connectivity index (χ2n) is 6.12. The number of methoxy groups -OCH3 is 1. The molecule has 150 valence electrons. The van der Waals surface area contributed by atoms with Crippen LogP contribution in [0.2, 0.25) is 5.02 Å². The summed E-state index contributed by atoms with van der Waals surface area (Å²) in [5.41, 5.74) is 1.22. The van der Waals surface area contributed by atoms with Crippen molar-refractivity contribution < 1.29 is 28.9 Å². The average molecular weight is 546 g/mol. The normalized spacial score (nSPS) is 16.8. The van der Waals surface area contributed by atoms with Gasteiger partial charge in [0.2, 0.25) is 6.79 Å². The van der Waals surface area contributed by atoms with Crippen LogP contribution in [0.5, 0.6) is 23.0 Å². The van der Waals surface area contributed by atoms with E-state index in [-0.39, 0.29) is 29.7 Å². The van der Waals surface area contributed by atoms with Gasteiger partial charge >= 0.3 is 0 Å². The Kier molecular flexibility index (Phi) is 5.54. The first-order chi connectivity index (χ1) is 13.9. The van der Waals surface area contributed by atoms with E-state index >= 15 is 0 Å². The zero-order valence-electron chi connectivity index (χ0n) is 14.9. The first kappa shape index (κ1) is 20.2. The van der Waals surface area contributed by atoms with Crippen LogP contribution in [-0.2, 0) is 11.3 Å². The van der Waals surface area contributed by atoms with Crippen molar-refractivity contribution in [1.82, 2.24) is 4.90 Å². The molecule has 0 radical (unpaired) electrons. The number of fused-ring (bicyclic) bond motifs is 1. The van der Waals surface area contributed by atoms with E-state index < -0.39 is 11.1 Å². The third-order valence-corrected chi connectivity index (χ3v) is 6.39. The molecule has 7 nitrogen and oxygen atoms in total. The van der Waals surface area contributed by atoms with Crippen LogP contribution in [0.25, 0.3) is 6.08 Å². The van der Waals surface area contributed by atoms with Gasteiger partial charge < -0.3 is 19.3 Å².